The number of hydrogen-bond acceptors (Lipinski definition) is 4. The third-order valence-corrected chi connectivity index (χ3v) is 5.18. The van der Waals surface area contributed by atoms with E-state index in [1.165, 1.54) is 16.8 Å². The van der Waals surface area contributed by atoms with Crippen molar-refractivity contribution in [2.45, 2.75) is 39.0 Å². The first kappa shape index (κ1) is 17.1. The van der Waals surface area contributed by atoms with E-state index < -0.39 is 0 Å². The maximum atomic E-state index is 5.76. The van der Waals surface area contributed by atoms with Crippen LogP contribution >= 0.6 is 0 Å². The molecule has 136 valence electrons. The molecule has 26 heavy (non-hydrogen) atoms. The molecular weight excluding hydrogens is 322 g/mol. The molecular formula is C22H27N3O. The molecule has 0 spiro atoms. The van der Waals surface area contributed by atoms with Gasteiger partial charge in [-0.15, -0.1) is 0 Å². The molecule has 0 aromatic heterocycles. The van der Waals surface area contributed by atoms with Crippen molar-refractivity contribution >= 4 is 5.71 Å². The predicted octanol–water partition coefficient (Wildman–Crippen LogP) is 4.00. The first-order valence-corrected chi connectivity index (χ1v) is 9.54. The van der Waals surface area contributed by atoms with Gasteiger partial charge in [0.05, 0.1) is 12.1 Å². The highest BCUT2D eigenvalue weighted by atomic mass is 16.5. The van der Waals surface area contributed by atoms with Crippen LogP contribution in [0.15, 0.2) is 59.7 Å². The van der Waals surface area contributed by atoms with Gasteiger partial charge in [0.2, 0.25) is 0 Å². The van der Waals surface area contributed by atoms with E-state index in [2.05, 4.69) is 83.9 Å². The van der Waals surface area contributed by atoms with Crippen molar-refractivity contribution < 1.29 is 4.74 Å². The van der Waals surface area contributed by atoms with E-state index in [1.54, 1.807) is 0 Å². The summed E-state index contributed by atoms with van der Waals surface area (Å²) in [4.78, 5) is 2.55. The van der Waals surface area contributed by atoms with Crippen LogP contribution in [0, 0.1) is 5.92 Å². The van der Waals surface area contributed by atoms with Gasteiger partial charge in [-0.25, -0.2) is 0 Å². The standard InChI is InChI=1S/C22H27N3O/c1-16(2)26-19-10-8-18(9-11-19)22-20-15-25(13-12-21(20)23-24-22)14-17-6-4-3-5-7-17/h3-11,16,20,22,24H,12-15H2,1-2H3. The van der Waals surface area contributed by atoms with Crippen LogP contribution in [-0.2, 0) is 6.54 Å². The molecule has 0 radical (unpaired) electrons. The molecule has 2 heterocycles. The Morgan fingerprint density at radius 1 is 1.12 bits per heavy atom. The van der Waals surface area contributed by atoms with Crippen molar-refractivity contribution in [1.29, 1.82) is 0 Å². The van der Waals surface area contributed by atoms with Crippen LogP contribution in [0.1, 0.15) is 37.4 Å². The molecule has 4 nitrogen and oxygen atoms in total. The minimum atomic E-state index is 0.199. The minimum Gasteiger partial charge on any atom is -0.491 e. The van der Waals surface area contributed by atoms with E-state index in [1.807, 2.05) is 0 Å². The molecule has 0 aliphatic carbocycles. The smallest absolute Gasteiger partial charge is 0.119 e. The van der Waals surface area contributed by atoms with Gasteiger partial charge in [-0.1, -0.05) is 42.5 Å². The maximum absolute atomic E-state index is 5.76. The Bertz CT molecular complexity index is 755. The predicted molar refractivity (Wildman–Crippen MR) is 105 cm³/mol. The first-order valence-electron chi connectivity index (χ1n) is 9.54. The Labute approximate surface area is 155 Å². The Morgan fingerprint density at radius 2 is 1.88 bits per heavy atom. The van der Waals surface area contributed by atoms with Crippen molar-refractivity contribution in [2.75, 3.05) is 13.1 Å². The molecule has 2 aliphatic rings. The summed E-state index contributed by atoms with van der Waals surface area (Å²) in [6, 6.07) is 19.5. The van der Waals surface area contributed by atoms with Crippen LogP contribution < -0.4 is 10.2 Å². The first-order chi connectivity index (χ1) is 12.7. The van der Waals surface area contributed by atoms with Gasteiger partial charge in [-0.2, -0.15) is 5.10 Å². The second-order valence-electron chi connectivity index (χ2n) is 7.52. The zero-order chi connectivity index (χ0) is 17.9. The van der Waals surface area contributed by atoms with Gasteiger partial charge in [0, 0.05) is 37.7 Å². The van der Waals surface area contributed by atoms with Gasteiger partial charge in [0.15, 0.2) is 0 Å². The Kier molecular flexibility index (Phi) is 4.93. The number of nitrogens with one attached hydrogen (secondary N) is 1. The van der Waals surface area contributed by atoms with Crippen molar-refractivity contribution in [2.24, 2.45) is 11.0 Å². The van der Waals surface area contributed by atoms with Crippen LogP contribution in [0.25, 0.3) is 0 Å². The summed E-state index contributed by atoms with van der Waals surface area (Å²) in [5.41, 5.74) is 7.37. The van der Waals surface area contributed by atoms with E-state index >= 15 is 0 Å². The van der Waals surface area contributed by atoms with Crippen molar-refractivity contribution in [3.05, 3.63) is 65.7 Å². The fraction of sp³-hybridized carbons (Fsp3) is 0.409. The maximum Gasteiger partial charge on any atom is 0.119 e. The molecule has 2 atom stereocenters. The quantitative estimate of drug-likeness (QED) is 0.886. The van der Waals surface area contributed by atoms with Crippen LogP contribution in [-0.4, -0.2) is 29.8 Å². The molecule has 4 heteroatoms. The number of hydrogen-bond donors (Lipinski definition) is 1. The van der Waals surface area contributed by atoms with Gasteiger partial charge >= 0.3 is 0 Å². The van der Waals surface area contributed by atoms with Gasteiger partial charge in [0.25, 0.3) is 0 Å². The minimum absolute atomic E-state index is 0.199. The van der Waals surface area contributed by atoms with Crippen molar-refractivity contribution in [1.82, 2.24) is 10.3 Å². The van der Waals surface area contributed by atoms with Crippen molar-refractivity contribution in [3.8, 4) is 5.75 Å². The molecule has 4 rings (SSSR count). The van der Waals surface area contributed by atoms with E-state index in [9.17, 15) is 0 Å². The molecule has 0 saturated carbocycles. The number of benzene rings is 2. The molecule has 2 aromatic rings. The molecule has 2 aromatic carbocycles. The number of hydrazone groups is 1. The highest BCUT2D eigenvalue weighted by Gasteiger charge is 2.36. The number of nitrogens with zero attached hydrogens (tertiary/aromatic N) is 2. The molecule has 1 fully saturated rings. The summed E-state index contributed by atoms with van der Waals surface area (Å²) >= 11 is 0. The fourth-order valence-corrected chi connectivity index (χ4v) is 3.93. The van der Waals surface area contributed by atoms with E-state index in [0.717, 1.165) is 31.8 Å². The summed E-state index contributed by atoms with van der Waals surface area (Å²) in [5, 5.41) is 4.64. The average molecular weight is 349 g/mol. The fourth-order valence-electron chi connectivity index (χ4n) is 3.93. The molecule has 1 N–H and O–H groups in total. The van der Waals surface area contributed by atoms with E-state index in [0.29, 0.717) is 5.92 Å². The third-order valence-electron chi connectivity index (χ3n) is 5.18. The Morgan fingerprint density at radius 3 is 2.62 bits per heavy atom. The van der Waals surface area contributed by atoms with Crippen LogP contribution in [0.2, 0.25) is 0 Å². The summed E-state index contributed by atoms with van der Waals surface area (Å²) in [6.07, 6.45) is 1.25. The van der Waals surface area contributed by atoms with Crippen LogP contribution in [0.4, 0.5) is 0 Å². The summed E-state index contributed by atoms with van der Waals surface area (Å²) < 4.78 is 5.76. The number of piperidine rings is 1. The lowest BCUT2D eigenvalue weighted by molar-refractivity contribution is 0.220. The van der Waals surface area contributed by atoms with Crippen molar-refractivity contribution in [3.63, 3.8) is 0 Å². The lowest BCUT2D eigenvalue weighted by Crippen LogP contribution is -2.41. The average Bonchev–Trinajstić information content (AvgIpc) is 3.06. The van der Waals surface area contributed by atoms with Gasteiger partial charge in [-0.05, 0) is 37.1 Å². The second kappa shape index (κ2) is 7.50. The van der Waals surface area contributed by atoms with Gasteiger partial charge in [-0.3, -0.25) is 4.90 Å². The molecule has 0 bridgehead atoms. The van der Waals surface area contributed by atoms with E-state index in [4.69, 9.17) is 4.74 Å². The normalized spacial score (nSPS) is 22.7. The summed E-state index contributed by atoms with van der Waals surface area (Å²) in [6.45, 7) is 7.25. The topological polar surface area (TPSA) is 36.9 Å². The SMILES string of the molecule is CC(C)Oc1ccc(C2NN=C3CCN(Cc4ccccc4)CC32)cc1. The zero-order valence-electron chi connectivity index (χ0n) is 15.6. The van der Waals surface area contributed by atoms with Gasteiger partial charge < -0.3 is 10.2 Å². The number of ether oxygens (including phenoxy) is 1. The molecule has 2 aliphatic heterocycles. The highest BCUT2D eigenvalue weighted by Crippen LogP contribution is 2.33. The van der Waals surface area contributed by atoms with E-state index in [-0.39, 0.29) is 12.1 Å². The van der Waals surface area contributed by atoms with Crippen LogP contribution in [0.3, 0.4) is 0 Å². The molecule has 0 amide bonds. The Hall–Kier alpha value is -2.33. The highest BCUT2D eigenvalue weighted by molar-refractivity contribution is 5.89. The lowest BCUT2D eigenvalue weighted by atomic mass is 9.86. The molecule has 1 saturated heterocycles. The van der Waals surface area contributed by atoms with Gasteiger partial charge in [0.1, 0.15) is 5.75 Å². The monoisotopic (exact) mass is 349 g/mol. The summed E-state index contributed by atoms with van der Waals surface area (Å²) in [7, 11) is 0. The third kappa shape index (κ3) is 3.75. The molecule has 2 unspecified atom stereocenters. The lowest BCUT2D eigenvalue weighted by Gasteiger charge is -2.33. The summed E-state index contributed by atoms with van der Waals surface area (Å²) in [5.74, 6) is 1.38. The Balaban J connectivity index is 1.44. The largest absolute Gasteiger partial charge is 0.491 e. The number of fused-ring (bicyclic) bond motifs is 1. The second-order valence-corrected chi connectivity index (χ2v) is 7.52. The van der Waals surface area contributed by atoms with Crippen LogP contribution in [0.5, 0.6) is 5.75 Å². The zero-order valence-corrected chi connectivity index (χ0v) is 15.6. The number of likely N-dealkylation sites (tertiary alicyclic amines) is 1. The number of rotatable bonds is 5.